The first-order chi connectivity index (χ1) is 6.49. The van der Waals surface area contributed by atoms with Crippen LogP contribution >= 0.6 is 15.9 Å². The van der Waals surface area contributed by atoms with Gasteiger partial charge in [-0.1, -0.05) is 22.9 Å². The highest BCUT2D eigenvalue weighted by Gasteiger charge is 2.20. The van der Waals surface area contributed by atoms with Crippen molar-refractivity contribution in [3.8, 4) is 0 Å². The third-order valence-electron chi connectivity index (χ3n) is 2.70. The smallest absolute Gasteiger partial charge is 0.192 e. The number of carbonyl (C=O) groups is 1. The Morgan fingerprint density at radius 2 is 1.93 bits per heavy atom. The molecular formula is C11H16BrNO. The van der Waals surface area contributed by atoms with Crippen LogP contribution in [0.3, 0.4) is 0 Å². The first-order valence-corrected chi connectivity index (χ1v) is 5.74. The van der Waals surface area contributed by atoms with Crippen LogP contribution in [-0.2, 0) is 0 Å². The van der Waals surface area contributed by atoms with E-state index in [1.54, 1.807) is 0 Å². The largest absolute Gasteiger partial charge is 0.356 e. The molecule has 0 radical (unpaired) electrons. The number of halogens is 1. The summed E-state index contributed by atoms with van der Waals surface area (Å²) >= 11 is 3.38. The van der Waals surface area contributed by atoms with E-state index in [1.165, 1.54) is 5.56 Å². The van der Waals surface area contributed by atoms with Gasteiger partial charge in [-0.15, -0.1) is 0 Å². The molecule has 1 unspecified atom stereocenters. The minimum Gasteiger partial charge on any atom is -0.356 e. The molecule has 0 saturated carbocycles. The van der Waals surface area contributed by atoms with Crippen LogP contribution < -0.4 is 0 Å². The van der Waals surface area contributed by atoms with Crippen LogP contribution in [0.4, 0.5) is 0 Å². The van der Waals surface area contributed by atoms with Gasteiger partial charge >= 0.3 is 0 Å². The standard InChI is InChI=1S/C11H16BrNO/c1-5-9(12)11(14)10-7(3)6(2)8(4)13-10/h9,13H,5H2,1-4H3. The first-order valence-electron chi connectivity index (χ1n) is 4.83. The summed E-state index contributed by atoms with van der Waals surface area (Å²) in [5.41, 5.74) is 4.10. The predicted octanol–water partition coefficient (Wildman–Crippen LogP) is 3.30. The molecule has 0 saturated heterocycles. The summed E-state index contributed by atoms with van der Waals surface area (Å²) < 4.78 is 0. The van der Waals surface area contributed by atoms with Crippen LogP contribution in [0, 0.1) is 20.8 Å². The fourth-order valence-corrected chi connectivity index (χ4v) is 1.66. The van der Waals surface area contributed by atoms with Crippen LogP contribution in [-0.4, -0.2) is 15.6 Å². The lowest BCUT2D eigenvalue weighted by molar-refractivity contribution is 0.0985. The molecule has 14 heavy (non-hydrogen) atoms. The molecule has 1 atom stereocenters. The maximum absolute atomic E-state index is 11.9. The van der Waals surface area contributed by atoms with Crippen molar-refractivity contribution in [2.45, 2.75) is 38.9 Å². The van der Waals surface area contributed by atoms with Gasteiger partial charge in [-0.2, -0.15) is 0 Å². The third-order valence-corrected chi connectivity index (χ3v) is 3.77. The lowest BCUT2D eigenvalue weighted by Gasteiger charge is -2.04. The molecule has 0 aliphatic heterocycles. The number of alkyl halides is 1. The van der Waals surface area contributed by atoms with E-state index >= 15 is 0 Å². The van der Waals surface area contributed by atoms with Gasteiger partial charge in [0.1, 0.15) is 0 Å². The summed E-state index contributed by atoms with van der Waals surface area (Å²) in [6.45, 7) is 8.01. The van der Waals surface area contributed by atoms with E-state index in [2.05, 4.69) is 20.9 Å². The number of aryl methyl sites for hydroxylation is 1. The van der Waals surface area contributed by atoms with Gasteiger partial charge in [-0.25, -0.2) is 0 Å². The van der Waals surface area contributed by atoms with Gasteiger partial charge < -0.3 is 4.98 Å². The molecule has 0 fully saturated rings. The van der Waals surface area contributed by atoms with Crippen LogP contribution in [0.1, 0.15) is 40.7 Å². The van der Waals surface area contributed by atoms with Crippen molar-refractivity contribution in [3.63, 3.8) is 0 Å². The zero-order chi connectivity index (χ0) is 10.9. The maximum Gasteiger partial charge on any atom is 0.192 e. The number of aromatic nitrogens is 1. The number of aromatic amines is 1. The molecule has 0 aromatic carbocycles. The van der Waals surface area contributed by atoms with Crippen molar-refractivity contribution in [2.75, 3.05) is 0 Å². The van der Waals surface area contributed by atoms with E-state index in [4.69, 9.17) is 0 Å². The van der Waals surface area contributed by atoms with E-state index < -0.39 is 0 Å². The summed E-state index contributed by atoms with van der Waals surface area (Å²) in [6.07, 6.45) is 0.815. The Morgan fingerprint density at radius 1 is 1.36 bits per heavy atom. The summed E-state index contributed by atoms with van der Waals surface area (Å²) in [4.78, 5) is 15.0. The molecule has 0 amide bonds. The molecule has 1 aromatic rings. The van der Waals surface area contributed by atoms with Crippen molar-refractivity contribution < 1.29 is 4.79 Å². The van der Waals surface area contributed by atoms with Crippen LogP contribution in [0.2, 0.25) is 0 Å². The van der Waals surface area contributed by atoms with E-state index in [0.29, 0.717) is 0 Å². The van der Waals surface area contributed by atoms with Crippen molar-refractivity contribution >= 4 is 21.7 Å². The molecule has 0 bridgehead atoms. The Bertz CT molecular complexity index is 354. The van der Waals surface area contributed by atoms with Crippen molar-refractivity contribution in [2.24, 2.45) is 0 Å². The highest BCUT2D eigenvalue weighted by atomic mass is 79.9. The molecule has 1 aromatic heterocycles. The fourth-order valence-electron chi connectivity index (χ4n) is 1.43. The molecule has 1 heterocycles. The average Bonchev–Trinajstić information content (AvgIpc) is 2.43. The number of nitrogens with one attached hydrogen (secondary N) is 1. The second-order valence-corrected chi connectivity index (χ2v) is 4.72. The molecule has 78 valence electrons. The quantitative estimate of drug-likeness (QED) is 0.654. The number of Topliss-reactive ketones (excluding diaryl/α,β-unsaturated/α-hetero) is 1. The lowest BCUT2D eigenvalue weighted by Crippen LogP contribution is -2.14. The van der Waals surface area contributed by atoms with Crippen molar-refractivity contribution in [3.05, 3.63) is 22.5 Å². The lowest BCUT2D eigenvalue weighted by atomic mass is 10.1. The zero-order valence-electron chi connectivity index (χ0n) is 9.07. The van der Waals surface area contributed by atoms with Crippen molar-refractivity contribution in [1.29, 1.82) is 0 Å². The number of hydrogen-bond donors (Lipinski definition) is 1. The summed E-state index contributed by atoms with van der Waals surface area (Å²) in [5, 5.41) is 0. The number of ketones is 1. The maximum atomic E-state index is 11.9. The summed E-state index contributed by atoms with van der Waals surface area (Å²) in [5.74, 6) is 0.154. The molecule has 3 heteroatoms. The summed E-state index contributed by atoms with van der Waals surface area (Å²) in [6, 6.07) is 0. The van der Waals surface area contributed by atoms with E-state index in [1.807, 2.05) is 27.7 Å². The number of rotatable bonds is 3. The normalized spacial score (nSPS) is 12.9. The second kappa shape index (κ2) is 4.30. The minimum absolute atomic E-state index is 0.0707. The van der Waals surface area contributed by atoms with Gasteiger partial charge in [0.15, 0.2) is 5.78 Å². The minimum atomic E-state index is -0.0707. The molecule has 0 aliphatic rings. The zero-order valence-corrected chi connectivity index (χ0v) is 10.7. The number of carbonyl (C=O) groups excluding carboxylic acids is 1. The van der Waals surface area contributed by atoms with Gasteiger partial charge in [0.2, 0.25) is 0 Å². The Labute approximate surface area is 93.2 Å². The number of H-pyrrole nitrogens is 1. The Hall–Kier alpha value is -0.570. The Kier molecular flexibility index (Phi) is 3.53. The molecule has 0 spiro atoms. The van der Waals surface area contributed by atoms with Crippen molar-refractivity contribution in [1.82, 2.24) is 4.98 Å². The predicted molar refractivity (Wildman–Crippen MR) is 62.3 cm³/mol. The van der Waals surface area contributed by atoms with Crippen LogP contribution in [0.15, 0.2) is 0 Å². The van der Waals surface area contributed by atoms with Crippen LogP contribution in [0.25, 0.3) is 0 Å². The Balaban J connectivity index is 3.08. The highest BCUT2D eigenvalue weighted by molar-refractivity contribution is 9.10. The number of hydrogen-bond acceptors (Lipinski definition) is 1. The van der Waals surface area contributed by atoms with E-state index in [-0.39, 0.29) is 10.6 Å². The van der Waals surface area contributed by atoms with Crippen LogP contribution in [0.5, 0.6) is 0 Å². The monoisotopic (exact) mass is 257 g/mol. The average molecular weight is 258 g/mol. The second-order valence-electron chi connectivity index (χ2n) is 3.62. The summed E-state index contributed by atoms with van der Waals surface area (Å²) in [7, 11) is 0. The molecule has 2 nitrogen and oxygen atoms in total. The molecule has 1 N–H and O–H groups in total. The molecule has 0 aliphatic carbocycles. The van der Waals surface area contributed by atoms with E-state index in [0.717, 1.165) is 23.4 Å². The Morgan fingerprint density at radius 3 is 2.29 bits per heavy atom. The third kappa shape index (κ3) is 1.92. The highest BCUT2D eigenvalue weighted by Crippen LogP contribution is 2.20. The molecular weight excluding hydrogens is 242 g/mol. The van der Waals surface area contributed by atoms with Gasteiger partial charge in [0, 0.05) is 5.69 Å². The van der Waals surface area contributed by atoms with Gasteiger partial charge in [0.05, 0.1) is 10.5 Å². The van der Waals surface area contributed by atoms with Gasteiger partial charge in [-0.3, -0.25) is 4.79 Å². The SMILES string of the molecule is CCC(Br)C(=O)c1[nH]c(C)c(C)c1C. The van der Waals surface area contributed by atoms with Gasteiger partial charge in [-0.05, 0) is 38.3 Å². The first kappa shape index (κ1) is 11.5. The fraction of sp³-hybridized carbons (Fsp3) is 0.545. The topological polar surface area (TPSA) is 32.9 Å². The van der Waals surface area contributed by atoms with E-state index in [9.17, 15) is 4.79 Å². The van der Waals surface area contributed by atoms with Gasteiger partial charge in [0.25, 0.3) is 0 Å². The molecule has 1 rings (SSSR count).